The second-order valence-corrected chi connectivity index (χ2v) is 2.74. The van der Waals surface area contributed by atoms with Gasteiger partial charge in [-0.1, -0.05) is 6.58 Å². The van der Waals surface area contributed by atoms with Gasteiger partial charge in [-0.2, -0.15) is 0 Å². The Balaban J connectivity index is 2.62. The normalized spacial score (nSPS) is 21.2. The van der Waals surface area contributed by atoms with Crippen LogP contribution < -0.4 is 0 Å². The predicted molar refractivity (Wildman–Crippen MR) is 44.0 cm³/mol. The molecule has 1 atom stereocenters. The Hall–Kier alpha value is -1.52. The molecular weight excluding hydrogens is 174 g/mol. The fourth-order valence-electron chi connectivity index (χ4n) is 1.38. The van der Waals surface area contributed by atoms with E-state index >= 15 is 0 Å². The van der Waals surface area contributed by atoms with Crippen LogP contribution in [0.4, 0.5) is 4.79 Å². The van der Waals surface area contributed by atoms with E-state index in [0.717, 1.165) is 6.26 Å². The molecule has 0 aromatic heterocycles. The Morgan fingerprint density at radius 2 is 2.31 bits per heavy atom. The molecular formula is C8H11NO4. The Morgan fingerprint density at radius 3 is 2.85 bits per heavy atom. The predicted octanol–water partition coefficient (Wildman–Crippen LogP) is 0.816. The van der Waals surface area contributed by atoms with Crippen molar-refractivity contribution in [1.29, 1.82) is 0 Å². The van der Waals surface area contributed by atoms with Crippen molar-refractivity contribution in [3.63, 3.8) is 0 Å². The molecule has 0 aromatic carbocycles. The first kappa shape index (κ1) is 9.57. The summed E-state index contributed by atoms with van der Waals surface area (Å²) in [6.07, 6.45) is 1.55. The molecule has 5 heteroatoms. The van der Waals surface area contributed by atoms with Crippen LogP contribution in [0.5, 0.6) is 0 Å². The summed E-state index contributed by atoms with van der Waals surface area (Å²) in [7, 11) is 0. The van der Waals surface area contributed by atoms with Crippen LogP contribution in [-0.4, -0.2) is 34.7 Å². The number of aliphatic carboxylic acids is 1. The fraction of sp³-hybridized carbons (Fsp3) is 0.500. The van der Waals surface area contributed by atoms with E-state index < -0.39 is 18.1 Å². The zero-order chi connectivity index (χ0) is 9.84. The molecule has 0 radical (unpaired) electrons. The van der Waals surface area contributed by atoms with E-state index in [1.165, 1.54) is 4.90 Å². The first-order valence-corrected chi connectivity index (χ1v) is 3.97. The average Bonchev–Trinajstić information content (AvgIpc) is 2.52. The van der Waals surface area contributed by atoms with Crippen molar-refractivity contribution in [3.05, 3.63) is 12.8 Å². The first-order valence-electron chi connectivity index (χ1n) is 3.97. The van der Waals surface area contributed by atoms with Crippen molar-refractivity contribution in [1.82, 2.24) is 4.90 Å². The highest BCUT2D eigenvalue weighted by Crippen LogP contribution is 2.18. The van der Waals surface area contributed by atoms with Gasteiger partial charge in [0.05, 0.1) is 6.26 Å². The summed E-state index contributed by atoms with van der Waals surface area (Å²) < 4.78 is 4.49. The van der Waals surface area contributed by atoms with Crippen LogP contribution in [0.3, 0.4) is 0 Å². The smallest absolute Gasteiger partial charge is 0.415 e. The third kappa shape index (κ3) is 1.99. The molecule has 5 nitrogen and oxygen atoms in total. The molecule has 1 aliphatic heterocycles. The van der Waals surface area contributed by atoms with Crippen LogP contribution in [0.25, 0.3) is 0 Å². The topological polar surface area (TPSA) is 66.8 Å². The van der Waals surface area contributed by atoms with Crippen molar-refractivity contribution >= 4 is 12.1 Å². The van der Waals surface area contributed by atoms with Crippen molar-refractivity contribution in [2.24, 2.45) is 0 Å². The molecule has 1 amide bonds. The number of carboxylic acid groups (broad SMARTS) is 1. The van der Waals surface area contributed by atoms with Crippen molar-refractivity contribution in [2.45, 2.75) is 18.9 Å². The minimum absolute atomic E-state index is 0.434. The zero-order valence-electron chi connectivity index (χ0n) is 7.10. The van der Waals surface area contributed by atoms with E-state index in [0.29, 0.717) is 19.4 Å². The van der Waals surface area contributed by atoms with Crippen molar-refractivity contribution < 1.29 is 19.4 Å². The van der Waals surface area contributed by atoms with Crippen LogP contribution in [-0.2, 0) is 9.53 Å². The Labute approximate surface area is 75.6 Å². The Kier molecular flexibility index (Phi) is 2.89. The summed E-state index contributed by atoms with van der Waals surface area (Å²) in [5.74, 6) is -0.987. The molecule has 1 aliphatic rings. The fourth-order valence-corrected chi connectivity index (χ4v) is 1.38. The lowest BCUT2D eigenvalue weighted by Gasteiger charge is -2.19. The third-order valence-corrected chi connectivity index (χ3v) is 1.96. The lowest BCUT2D eigenvalue weighted by Crippen LogP contribution is -2.40. The van der Waals surface area contributed by atoms with Crippen molar-refractivity contribution in [3.8, 4) is 0 Å². The van der Waals surface area contributed by atoms with Gasteiger partial charge in [0.1, 0.15) is 6.04 Å². The van der Waals surface area contributed by atoms with Gasteiger partial charge in [0.15, 0.2) is 0 Å². The summed E-state index contributed by atoms with van der Waals surface area (Å²) in [6.45, 7) is 3.66. The minimum atomic E-state index is -0.987. The van der Waals surface area contributed by atoms with Gasteiger partial charge in [0.25, 0.3) is 0 Å². The van der Waals surface area contributed by atoms with Gasteiger partial charge in [-0.3, -0.25) is 4.90 Å². The molecule has 13 heavy (non-hydrogen) atoms. The number of carbonyl (C=O) groups is 2. The first-order chi connectivity index (χ1) is 6.16. The van der Waals surface area contributed by atoms with E-state index in [9.17, 15) is 9.59 Å². The molecule has 0 aliphatic carbocycles. The largest absolute Gasteiger partial charge is 0.480 e. The molecule has 1 saturated heterocycles. The highest BCUT2D eigenvalue weighted by atomic mass is 16.5. The van der Waals surface area contributed by atoms with Gasteiger partial charge in [0, 0.05) is 6.54 Å². The summed E-state index contributed by atoms with van der Waals surface area (Å²) in [5.41, 5.74) is 0. The van der Waals surface area contributed by atoms with Gasteiger partial charge in [-0.05, 0) is 12.8 Å². The molecule has 1 fully saturated rings. The standard InChI is InChI=1S/C8H11NO4/c1-2-13-8(12)9-5-3-4-6(9)7(10)11/h2,6H,1,3-5H2,(H,10,11)/t6-/m0/s1. The number of amides is 1. The van der Waals surface area contributed by atoms with Crippen LogP contribution in [0.15, 0.2) is 12.8 Å². The maximum Gasteiger partial charge on any atom is 0.415 e. The third-order valence-electron chi connectivity index (χ3n) is 1.96. The quantitative estimate of drug-likeness (QED) is 0.646. The average molecular weight is 185 g/mol. The molecule has 1 rings (SSSR count). The number of nitrogens with zero attached hydrogens (tertiary/aromatic N) is 1. The highest BCUT2D eigenvalue weighted by molar-refractivity contribution is 5.80. The lowest BCUT2D eigenvalue weighted by molar-refractivity contribution is -0.141. The monoisotopic (exact) mass is 185 g/mol. The number of carboxylic acids is 1. The van der Waals surface area contributed by atoms with Crippen LogP contribution in [0.1, 0.15) is 12.8 Å². The summed E-state index contributed by atoms with van der Waals surface area (Å²) in [6, 6.07) is -0.743. The van der Waals surface area contributed by atoms with Crippen molar-refractivity contribution in [2.75, 3.05) is 6.54 Å². The molecule has 0 unspecified atom stereocenters. The van der Waals surface area contributed by atoms with E-state index in [4.69, 9.17) is 5.11 Å². The van der Waals surface area contributed by atoms with E-state index in [-0.39, 0.29) is 0 Å². The van der Waals surface area contributed by atoms with Gasteiger partial charge >= 0.3 is 12.1 Å². The van der Waals surface area contributed by atoms with Gasteiger partial charge in [0.2, 0.25) is 0 Å². The number of hydrogen-bond acceptors (Lipinski definition) is 3. The van der Waals surface area contributed by atoms with Crippen LogP contribution in [0.2, 0.25) is 0 Å². The van der Waals surface area contributed by atoms with E-state index in [1.54, 1.807) is 0 Å². The van der Waals surface area contributed by atoms with Gasteiger partial charge in [-0.25, -0.2) is 9.59 Å². The summed E-state index contributed by atoms with van der Waals surface area (Å²) in [4.78, 5) is 23.0. The summed E-state index contributed by atoms with van der Waals surface area (Å²) in [5, 5.41) is 8.73. The lowest BCUT2D eigenvalue weighted by atomic mass is 10.2. The molecule has 0 saturated carbocycles. The number of ether oxygens (including phenoxy) is 1. The molecule has 0 bridgehead atoms. The molecule has 0 spiro atoms. The van der Waals surface area contributed by atoms with Crippen LogP contribution in [0, 0.1) is 0 Å². The van der Waals surface area contributed by atoms with E-state index in [2.05, 4.69) is 11.3 Å². The number of likely N-dealkylation sites (tertiary alicyclic amines) is 1. The second kappa shape index (κ2) is 3.93. The molecule has 72 valence electrons. The maximum absolute atomic E-state index is 11.1. The van der Waals surface area contributed by atoms with E-state index in [1.807, 2.05) is 0 Å². The summed E-state index contributed by atoms with van der Waals surface area (Å²) >= 11 is 0. The zero-order valence-corrected chi connectivity index (χ0v) is 7.10. The minimum Gasteiger partial charge on any atom is -0.480 e. The second-order valence-electron chi connectivity index (χ2n) is 2.74. The van der Waals surface area contributed by atoms with Gasteiger partial charge < -0.3 is 9.84 Å². The van der Waals surface area contributed by atoms with Crippen LogP contribution >= 0.6 is 0 Å². The highest BCUT2D eigenvalue weighted by Gasteiger charge is 2.34. The maximum atomic E-state index is 11.1. The Bertz CT molecular complexity index is 238. The Morgan fingerprint density at radius 1 is 1.62 bits per heavy atom. The molecule has 1 heterocycles. The number of carbonyl (C=O) groups excluding carboxylic acids is 1. The molecule has 1 N–H and O–H groups in total. The SMILES string of the molecule is C=COC(=O)N1CCC[C@H]1C(=O)O. The number of rotatable bonds is 2. The number of hydrogen-bond donors (Lipinski definition) is 1. The molecule has 0 aromatic rings. The van der Waals surface area contributed by atoms with Gasteiger partial charge in [-0.15, -0.1) is 0 Å².